The van der Waals surface area contributed by atoms with Crippen molar-refractivity contribution in [2.75, 3.05) is 19.6 Å². The third kappa shape index (κ3) is 1.37. The minimum Gasteiger partial charge on any atom is -0.372 e. The molecule has 0 bridgehead atoms. The van der Waals surface area contributed by atoms with E-state index in [1.165, 1.54) is 13.0 Å². The van der Waals surface area contributed by atoms with E-state index in [1.807, 2.05) is 0 Å². The quantitative estimate of drug-likeness (QED) is 0.558. The number of nitrogens with one attached hydrogen (secondary N) is 1. The van der Waals surface area contributed by atoms with Crippen LogP contribution in [0.25, 0.3) is 0 Å². The Morgan fingerprint density at radius 3 is 3.00 bits per heavy atom. The van der Waals surface area contributed by atoms with Gasteiger partial charge in [0.2, 0.25) is 0 Å². The van der Waals surface area contributed by atoms with Gasteiger partial charge in [0.15, 0.2) is 0 Å². The highest BCUT2D eigenvalue weighted by atomic mass is 15.3. The van der Waals surface area contributed by atoms with E-state index in [1.54, 1.807) is 0 Å². The van der Waals surface area contributed by atoms with E-state index in [0.29, 0.717) is 0 Å². The van der Waals surface area contributed by atoms with Gasteiger partial charge < -0.3 is 10.2 Å². The molecule has 0 saturated carbocycles. The molecule has 1 aliphatic heterocycles. The van der Waals surface area contributed by atoms with Crippen LogP contribution < -0.4 is 5.32 Å². The van der Waals surface area contributed by atoms with E-state index >= 15 is 0 Å². The van der Waals surface area contributed by atoms with E-state index in [9.17, 15) is 0 Å². The molecule has 2 heteroatoms. The first kappa shape index (κ1) is 6.46. The van der Waals surface area contributed by atoms with Crippen LogP contribution in [0.2, 0.25) is 0 Å². The molecule has 0 aromatic heterocycles. The number of hydrogen-bond acceptors (Lipinski definition) is 2. The highest BCUT2D eigenvalue weighted by Gasteiger charge is 2.08. The molecule has 1 rings (SSSR count). The first-order valence-corrected chi connectivity index (χ1v) is 3.52. The van der Waals surface area contributed by atoms with Gasteiger partial charge in [-0.05, 0) is 13.3 Å². The molecular weight excluding hydrogens is 112 g/mol. The van der Waals surface area contributed by atoms with Gasteiger partial charge in [-0.3, -0.25) is 0 Å². The molecule has 1 heterocycles. The second kappa shape index (κ2) is 2.76. The predicted molar refractivity (Wildman–Crippen MR) is 39.0 cm³/mol. The summed E-state index contributed by atoms with van der Waals surface area (Å²) in [7, 11) is 0. The van der Waals surface area contributed by atoms with Gasteiger partial charge in [-0.15, -0.1) is 0 Å². The summed E-state index contributed by atoms with van der Waals surface area (Å²) >= 11 is 0. The summed E-state index contributed by atoms with van der Waals surface area (Å²) in [6, 6.07) is 0. The van der Waals surface area contributed by atoms with Gasteiger partial charge in [0, 0.05) is 19.6 Å². The Labute approximate surface area is 56.5 Å². The van der Waals surface area contributed by atoms with Gasteiger partial charge in [-0.1, -0.05) is 6.58 Å². The average Bonchev–Trinajstić information content (AvgIpc) is 1.89. The SMILES string of the molecule is C=C1NCCCN1CC. The molecule has 0 aromatic rings. The van der Waals surface area contributed by atoms with Crippen molar-refractivity contribution >= 4 is 0 Å². The summed E-state index contributed by atoms with van der Waals surface area (Å²) in [5.74, 6) is 1.09. The maximum absolute atomic E-state index is 3.88. The molecule has 0 radical (unpaired) electrons. The summed E-state index contributed by atoms with van der Waals surface area (Å²) in [6.45, 7) is 9.37. The molecular formula is C7H14N2. The monoisotopic (exact) mass is 126 g/mol. The molecule has 1 aliphatic rings. The molecule has 9 heavy (non-hydrogen) atoms. The van der Waals surface area contributed by atoms with Crippen LogP contribution in [-0.2, 0) is 0 Å². The van der Waals surface area contributed by atoms with Crippen LogP contribution in [0.4, 0.5) is 0 Å². The summed E-state index contributed by atoms with van der Waals surface area (Å²) in [5, 5.41) is 3.21. The number of rotatable bonds is 1. The largest absolute Gasteiger partial charge is 0.372 e. The maximum atomic E-state index is 3.88. The van der Waals surface area contributed by atoms with Crippen LogP contribution in [0.15, 0.2) is 12.4 Å². The van der Waals surface area contributed by atoms with E-state index < -0.39 is 0 Å². The third-order valence-electron chi connectivity index (χ3n) is 1.70. The van der Waals surface area contributed by atoms with Crippen molar-refractivity contribution in [2.24, 2.45) is 0 Å². The van der Waals surface area contributed by atoms with Gasteiger partial charge in [0.05, 0.1) is 5.82 Å². The minimum atomic E-state index is 1.08. The normalized spacial score (nSPS) is 19.7. The van der Waals surface area contributed by atoms with Gasteiger partial charge in [0.25, 0.3) is 0 Å². The highest BCUT2D eigenvalue weighted by molar-refractivity contribution is 4.93. The first-order chi connectivity index (χ1) is 4.34. The number of nitrogens with zero attached hydrogens (tertiary/aromatic N) is 1. The Bertz CT molecular complexity index is 109. The summed E-state index contributed by atoms with van der Waals surface area (Å²) in [5.41, 5.74) is 0. The molecule has 0 atom stereocenters. The molecule has 1 saturated heterocycles. The molecule has 52 valence electrons. The van der Waals surface area contributed by atoms with Gasteiger partial charge in [-0.2, -0.15) is 0 Å². The molecule has 0 unspecified atom stereocenters. The highest BCUT2D eigenvalue weighted by Crippen LogP contribution is 2.03. The summed E-state index contributed by atoms with van der Waals surface area (Å²) < 4.78 is 0. The summed E-state index contributed by atoms with van der Waals surface area (Å²) in [6.07, 6.45) is 1.24. The topological polar surface area (TPSA) is 15.3 Å². The summed E-state index contributed by atoms with van der Waals surface area (Å²) in [4.78, 5) is 2.25. The van der Waals surface area contributed by atoms with Crippen LogP contribution >= 0.6 is 0 Å². The van der Waals surface area contributed by atoms with Gasteiger partial charge in [-0.25, -0.2) is 0 Å². The van der Waals surface area contributed by atoms with Crippen molar-refractivity contribution in [3.8, 4) is 0 Å². The van der Waals surface area contributed by atoms with Crippen LogP contribution in [-0.4, -0.2) is 24.5 Å². The molecule has 1 N–H and O–H groups in total. The third-order valence-corrected chi connectivity index (χ3v) is 1.70. The lowest BCUT2D eigenvalue weighted by Crippen LogP contribution is -2.38. The average molecular weight is 126 g/mol. The van der Waals surface area contributed by atoms with Gasteiger partial charge >= 0.3 is 0 Å². The number of hydrogen-bond donors (Lipinski definition) is 1. The molecule has 0 aliphatic carbocycles. The second-order valence-corrected chi connectivity index (χ2v) is 2.31. The van der Waals surface area contributed by atoms with Gasteiger partial charge in [0.1, 0.15) is 0 Å². The molecule has 0 spiro atoms. The van der Waals surface area contributed by atoms with Crippen LogP contribution in [0, 0.1) is 0 Å². The van der Waals surface area contributed by atoms with E-state index in [4.69, 9.17) is 0 Å². The lowest BCUT2D eigenvalue weighted by molar-refractivity contribution is 0.296. The van der Waals surface area contributed by atoms with Crippen LogP contribution in [0.3, 0.4) is 0 Å². The van der Waals surface area contributed by atoms with Crippen molar-refractivity contribution < 1.29 is 0 Å². The van der Waals surface area contributed by atoms with Crippen LogP contribution in [0.5, 0.6) is 0 Å². The zero-order valence-electron chi connectivity index (χ0n) is 5.98. The van der Waals surface area contributed by atoms with E-state index in [-0.39, 0.29) is 0 Å². The first-order valence-electron chi connectivity index (χ1n) is 3.52. The second-order valence-electron chi connectivity index (χ2n) is 2.31. The Morgan fingerprint density at radius 1 is 1.78 bits per heavy atom. The van der Waals surface area contributed by atoms with E-state index in [0.717, 1.165) is 18.9 Å². The minimum absolute atomic E-state index is 1.08. The predicted octanol–water partition coefficient (Wildman–Crippen LogP) is 0.773. The molecule has 2 nitrogen and oxygen atoms in total. The standard InChI is InChI=1S/C7H14N2/c1-3-9-6-4-5-8-7(9)2/h8H,2-6H2,1H3. The van der Waals surface area contributed by atoms with E-state index in [2.05, 4.69) is 23.7 Å². The lowest BCUT2D eigenvalue weighted by Gasteiger charge is -2.30. The zero-order chi connectivity index (χ0) is 6.69. The smallest absolute Gasteiger partial charge is 0.0938 e. The fraction of sp³-hybridized carbons (Fsp3) is 0.714. The Kier molecular flexibility index (Phi) is 1.98. The van der Waals surface area contributed by atoms with Crippen molar-refractivity contribution in [2.45, 2.75) is 13.3 Å². The fourth-order valence-electron chi connectivity index (χ4n) is 1.10. The fourth-order valence-corrected chi connectivity index (χ4v) is 1.10. The van der Waals surface area contributed by atoms with Crippen molar-refractivity contribution in [3.63, 3.8) is 0 Å². The molecule has 0 aromatic carbocycles. The zero-order valence-corrected chi connectivity index (χ0v) is 5.98. The Balaban J connectivity index is 2.39. The van der Waals surface area contributed by atoms with Crippen molar-refractivity contribution in [3.05, 3.63) is 12.4 Å². The van der Waals surface area contributed by atoms with Crippen molar-refractivity contribution in [1.82, 2.24) is 10.2 Å². The van der Waals surface area contributed by atoms with Crippen molar-refractivity contribution in [1.29, 1.82) is 0 Å². The Morgan fingerprint density at radius 2 is 2.56 bits per heavy atom. The molecule has 0 amide bonds. The molecule has 1 fully saturated rings. The maximum Gasteiger partial charge on any atom is 0.0938 e. The lowest BCUT2D eigenvalue weighted by atomic mass is 10.3. The Hall–Kier alpha value is -0.660. The van der Waals surface area contributed by atoms with Crippen LogP contribution in [0.1, 0.15) is 13.3 Å².